The molecule has 0 amide bonds. The molecule has 5 nitrogen and oxygen atoms in total. The molecule has 0 spiro atoms. The summed E-state index contributed by atoms with van der Waals surface area (Å²) in [5.74, 6) is 0.662. The number of unbranched alkanes of at least 4 members (excludes halogenated alkanes) is 1. The number of nitrogens with one attached hydrogen (secondary N) is 1. The fourth-order valence-corrected chi connectivity index (χ4v) is 4.20. The second-order valence-corrected chi connectivity index (χ2v) is 7.81. The van der Waals surface area contributed by atoms with Crippen LogP contribution in [0.1, 0.15) is 32.1 Å². The maximum absolute atomic E-state index is 12.2. The van der Waals surface area contributed by atoms with Crippen LogP contribution in [-0.4, -0.2) is 57.9 Å². The van der Waals surface area contributed by atoms with Crippen LogP contribution in [0.3, 0.4) is 0 Å². The van der Waals surface area contributed by atoms with Gasteiger partial charge < -0.3 is 10.1 Å². The van der Waals surface area contributed by atoms with Gasteiger partial charge in [-0.1, -0.05) is 0 Å². The van der Waals surface area contributed by atoms with Crippen molar-refractivity contribution in [1.82, 2.24) is 9.62 Å². The number of hydrogen-bond acceptors (Lipinski definition) is 4. The Labute approximate surface area is 116 Å². The lowest BCUT2D eigenvalue weighted by atomic mass is 10.1. The second-order valence-electron chi connectivity index (χ2n) is 5.72. The maximum atomic E-state index is 12.2. The van der Waals surface area contributed by atoms with Crippen LogP contribution in [0.2, 0.25) is 0 Å². The highest BCUT2D eigenvalue weighted by molar-refractivity contribution is 7.89. The first kappa shape index (κ1) is 15.2. The Balaban J connectivity index is 1.63. The van der Waals surface area contributed by atoms with E-state index in [1.54, 1.807) is 11.4 Å². The molecule has 0 aromatic heterocycles. The number of rotatable bonds is 9. The molecule has 1 unspecified atom stereocenters. The van der Waals surface area contributed by atoms with E-state index >= 15 is 0 Å². The van der Waals surface area contributed by atoms with E-state index < -0.39 is 10.0 Å². The molecule has 1 saturated carbocycles. The van der Waals surface area contributed by atoms with Crippen molar-refractivity contribution in [3.05, 3.63) is 0 Å². The van der Waals surface area contributed by atoms with Crippen molar-refractivity contribution in [2.24, 2.45) is 5.92 Å². The first-order valence-corrected chi connectivity index (χ1v) is 8.93. The lowest BCUT2D eigenvalue weighted by Gasteiger charge is -2.16. The Morgan fingerprint density at radius 2 is 2.05 bits per heavy atom. The van der Waals surface area contributed by atoms with Crippen molar-refractivity contribution in [1.29, 1.82) is 0 Å². The van der Waals surface area contributed by atoms with Crippen molar-refractivity contribution in [2.45, 2.75) is 38.1 Å². The topological polar surface area (TPSA) is 58.6 Å². The van der Waals surface area contributed by atoms with Gasteiger partial charge in [-0.05, 0) is 44.6 Å². The lowest BCUT2D eigenvalue weighted by Crippen LogP contribution is -2.31. The molecule has 1 aliphatic heterocycles. The molecule has 2 fully saturated rings. The van der Waals surface area contributed by atoms with Crippen molar-refractivity contribution in [2.75, 3.05) is 39.1 Å². The van der Waals surface area contributed by atoms with Gasteiger partial charge in [0.05, 0.1) is 12.4 Å². The van der Waals surface area contributed by atoms with Gasteiger partial charge in [0.1, 0.15) is 0 Å². The van der Waals surface area contributed by atoms with Crippen LogP contribution in [-0.2, 0) is 14.8 Å². The summed E-state index contributed by atoms with van der Waals surface area (Å²) >= 11 is 0. The monoisotopic (exact) mass is 290 g/mol. The van der Waals surface area contributed by atoms with E-state index in [2.05, 4.69) is 5.32 Å². The van der Waals surface area contributed by atoms with E-state index in [0.29, 0.717) is 37.4 Å². The average molecular weight is 290 g/mol. The third-order valence-electron chi connectivity index (χ3n) is 3.88. The molecule has 19 heavy (non-hydrogen) atoms. The molecular weight excluding hydrogens is 264 g/mol. The van der Waals surface area contributed by atoms with E-state index in [-0.39, 0.29) is 0 Å². The lowest BCUT2D eigenvalue weighted by molar-refractivity contribution is 0.157. The summed E-state index contributed by atoms with van der Waals surface area (Å²) in [5, 5.41) is 3.41. The molecule has 0 aromatic rings. The molecule has 2 aliphatic rings. The van der Waals surface area contributed by atoms with Crippen LogP contribution < -0.4 is 5.32 Å². The van der Waals surface area contributed by atoms with Crippen molar-refractivity contribution in [3.8, 4) is 0 Å². The van der Waals surface area contributed by atoms with Crippen molar-refractivity contribution in [3.63, 3.8) is 0 Å². The van der Waals surface area contributed by atoms with Gasteiger partial charge >= 0.3 is 0 Å². The number of sulfonamides is 1. The molecule has 2 rings (SSSR count). The molecule has 1 saturated heterocycles. The Morgan fingerprint density at radius 3 is 2.74 bits per heavy atom. The largest absolute Gasteiger partial charge is 0.384 e. The number of hydrogen-bond donors (Lipinski definition) is 1. The molecule has 0 radical (unpaired) electrons. The molecule has 112 valence electrons. The Bertz CT molecular complexity index is 368. The Kier molecular flexibility index (Phi) is 5.62. The fourth-order valence-electron chi connectivity index (χ4n) is 2.55. The van der Waals surface area contributed by atoms with E-state index in [1.165, 1.54) is 12.8 Å². The van der Waals surface area contributed by atoms with E-state index in [1.807, 2.05) is 0 Å². The number of methoxy groups -OCH3 is 1. The van der Waals surface area contributed by atoms with Crippen molar-refractivity contribution < 1.29 is 13.2 Å². The normalized spacial score (nSPS) is 25.0. The van der Waals surface area contributed by atoms with Crippen LogP contribution in [0.15, 0.2) is 0 Å². The molecular formula is C13H26N2O3S. The molecule has 1 N–H and O–H groups in total. The van der Waals surface area contributed by atoms with Crippen LogP contribution >= 0.6 is 0 Å². The minimum Gasteiger partial charge on any atom is -0.384 e. The van der Waals surface area contributed by atoms with Crippen LogP contribution in [0.25, 0.3) is 0 Å². The van der Waals surface area contributed by atoms with Gasteiger partial charge in [0.15, 0.2) is 0 Å². The highest BCUT2D eigenvalue weighted by atomic mass is 32.2. The van der Waals surface area contributed by atoms with Gasteiger partial charge in [0, 0.05) is 26.2 Å². The molecule has 1 heterocycles. The van der Waals surface area contributed by atoms with Crippen LogP contribution in [0.4, 0.5) is 0 Å². The summed E-state index contributed by atoms with van der Waals surface area (Å²) in [6.07, 6.45) is 5.20. The smallest absolute Gasteiger partial charge is 0.214 e. The summed E-state index contributed by atoms with van der Waals surface area (Å²) in [7, 11) is -1.38. The van der Waals surface area contributed by atoms with E-state index in [9.17, 15) is 8.42 Å². The number of nitrogens with zero attached hydrogens (tertiary/aromatic N) is 1. The summed E-state index contributed by atoms with van der Waals surface area (Å²) in [6.45, 7) is 2.91. The SMILES string of the molecule is COCC1CCN(S(=O)(=O)CCCCNC2CC2)C1. The first-order valence-electron chi connectivity index (χ1n) is 7.32. The standard InChI is InChI=1S/C13H26N2O3S/c1-18-11-12-6-8-15(10-12)19(16,17)9-3-2-7-14-13-4-5-13/h12-14H,2-11H2,1H3. The quantitative estimate of drug-likeness (QED) is 0.639. The molecule has 0 bridgehead atoms. The maximum Gasteiger partial charge on any atom is 0.214 e. The summed E-state index contributed by atoms with van der Waals surface area (Å²) in [5.41, 5.74) is 0. The molecule has 1 aliphatic carbocycles. The van der Waals surface area contributed by atoms with E-state index in [4.69, 9.17) is 4.74 Å². The van der Waals surface area contributed by atoms with Gasteiger partial charge in [0.25, 0.3) is 0 Å². The third kappa shape index (κ3) is 5.02. The molecule has 1 atom stereocenters. The zero-order valence-electron chi connectivity index (χ0n) is 11.8. The average Bonchev–Trinajstić information content (AvgIpc) is 3.06. The Morgan fingerprint density at radius 1 is 1.26 bits per heavy atom. The van der Waals surface area contributed by atoms with Crippen LogP contribution in [0, 0.1) is 5.92 Å². The Hall–Kier alpha value is -0.170. The predicted octanol–water partition coefficient (Wildman–Crippen LogP) is 0.817. The highest BCUT2D eigenvalue weighted by Crippen LogP contribution is 2.21. The van der Waals surface area contributed by atoms with Gasteiger partial charge in [-0.15, -0.1) is 0 Å². The van der Waals surface area contributed by atoms with Crippen LogP contribution in [0.5, 0.6) is 0 Å². The third-order valence-corrected chi connectivity index (χ3v) is 5.81. The highest BCUT2D eigenvalue weighted by Gasteiger charge is 2.30. The molecule has 0 aromatic carbocycles. The van der Waals surface area contributed by atoms with Gasteiger partial charge in [-0.3, -0.25) is 0 Å². The predicted molar refractivity (Wildman–Crippen MR) is 75.6 cm³/mol. The van der Waals surface area contributed by atoms with Gasteiger partial charge in [0.2, 0.25) is 10.0 Å². The molecule has 6 heteroatoms. The van der Waals surface area contributed by atoms with Gasteiger partial charge in [-0.25, -0.2) is 12.7 Å². The fraction of sp³-hybridized carbons (Fsp3) is 1.00. The minimum atomic E-state index is -3.05. The first-order chi connectivity index (χ1) is 9.12. The van der Waals surface area contributed by atoms with Gasteiger partial charge in [-0.2, -0.15) is 0 Å². The summed E-state index contributed by atoms with van der Waals surface area (Å²) in [4.78, 5) is 0. The van der Waals surface area contributed by atoms with E-state index in [0.717, 1.165) is 25.8 Å². The zero-order valence-corrected chi connectivity index (χ0v) is 12.6. The minimum absolute atomic E-state index is 0.291. The summed E-state index contributed by atoms with van der Waals surface area (Å²) in [6, 6.07) is 0.713. The summed E-state index contributed by atoms with van der Waals surface area (Å²) < 4.78 is 31.1. The zero-order chi connectivity index (χ0) is 13.7. The second kappa shape index (κ2) is 7.02. The number of ether oxygens (including phenoxy) is 1. The van der Waals surface area contributed by atoms with Crippen molar-refractivity contribution >= 4 is 10.0 Å².